The van der Waals surface area contributed by atoms with Gasteiger partial charge in [-0.05, 0) is 81.0 Å². The van der Waals surface area contributed by atoms with Crippen molar-refractivity contribution in [3.05, 3.63) is 66.1 Å². The highest BCUT2D eigenvalue weighted by Gasteiger charge is 2.46. The number of nitrogens with one attached hydrogen (secondary N) is 2. The molecule has 4 atom stereocenters. The summed E-state index contributed by atoms with van der Waals surface area (Å²) in [6.07, 6.45) is 12.2. The number of oxazole rings is 1. The quantitative estimate of drug-likeness (QED) is 0.104. The fourth-order valence-corrected chi connectivity index (χ4v) is 8.34. The van der Waals surface area contributed by atoms with Gasteiger partial charge < -0.3 is 35.2 Å². The number of alkyl carbamates (subject to hydrolysis) is 1. The molecular weight excluding hydrogens is 686 g/mol. The van der Waals surface area contributed by atoms with Crippen LogP contribution in [0.3, 0.4) is 0 Å². The number of unbranched alkanes of at least 4 members (excludes halogenated alkanes) is 1. The molecule has 2 aliphatic carbocycles. The third kappa shape index (κ3) is 10.7. The Labute approximate surface area is 318 Å². The van der Waals surface area contributed by atoms with Gasteiger partial charge >= 0.3 is 6.09 Å². The molecule has 54 heavy (non-hydrogen) atoms. The molecule has 12 heteroatoms. The summed E-state index contributed by atoms with van der Waals surface area (Å²) in [5.41, 5.74) is 7.67. The first kappa shape index (κ1) is 39.4. The highest BCUT2D eigenvalue weighted by molar-refractivity contribution is 6.01. The fourth-order valence-electron chi connectivity index (χ4n) is 8.34. The van der Waals surface area contributed by atoms with Crippen molar-refractivity contribution in [2.45, 2.75) is 127 Å². The molecule has 12 nitrogen and oxygen atoms in total. The van der Waals surface area contributed by atoms with Crippen LogP contribution in [0.1, 0.15) is 113 Å². The van der Waals surface area contributed by atoms with Crippen LogP contribution in [-0.4, -0.2) is 77.5 Å². The lowest BCUT2D eigenvalue weighted by atomic mass is 9.84. The van der Waals surface area contributed by atoms with Gasteiger partial charge in [-0.3, -0.25) is 14.4 Å². The topological polar surface area (TPSA) is 166 Å². The molecule has 2 saturated carbocycles. The van der Waals surface area contributed by atoms with Crippen LogP contribution in [0.15, 0.2) is 59.0 Å². The molecule has 3 aromatic rings. The predicted octanol–water partition coefficient (Wildman–Crippen LogP) is 6.46. The Balaban J connectivity index is 1.22. The van der Waals surface area contributed by atoms with Crippen molar-refractivity contribution < 1.29 is 33.1 Å². The second kappa shape index (κ2) is 19.9. The molecular formula is C42H57N5O7. The van der Waals surface area contributed by atoms with Gasteiger partial charge in [-0.1, -0.05) is 93.8 Å². The molecule has 0 radical (unpaired) electrons. The number of aromatic nitrogens is 1. The first-order valence-corrected chi connectivity index (χ1v) is 20.2. The van der Waals surface area contributed by atoms with E-state index in [0.717, 1.165) is 63.4 Å². The number of Topliss-reactive ketones (excluding diaryl/α,β-unsaturated/α-hetero) is 1. The zero-order chi connectivity index (χ0) is 37.7. The van der Waals surface area contributed by atoms with E-state index in [1.54, 1.807) is 23.1 Å². The number of nitrogens with two attached hydrogens (primary N) is 1. The van der Waals surface area contributed by atoms with Gasteiger partial charge in [0, 0.05) is 13.2 Å². The molecule has 2 heterocycles. The molecule has 3 aliphatic rings. The summed E-state index contributed by atoms with van der Waals surface area (Å²) in [4.78, 5) is 62.3. The van der Waals surface area contributed by atoms with Gasteiger partial charge in [0.2, 0.25) is 17.6 Å². The van der Waals surface area contributed by atoms with E-state index in [4.69, 9.17) is 19.6 Å². The van der Waals surface area contributed by atoms with Crippen molar-refractivity contribution in [3.8, 4) is 0 Å². The highest BCUT2D eigenvalue weighted by Crippen LogP contribution is 2.31. The van der Waals surface area contributed by atoms with Gasteiger partial charge in [0.25, 0.3) is 5.89 Å². The van der Waals surface area contributed by atoms with E-state index >= 15 is 0 Å². The van der Waals surface area contributed by atoms with Crippen molar-refractivity contribution in [1.82, 2.24) is 20.5 Å². The summed E-state index contributed by atoms with van der Waals surface area (Å²) in [5.74, 6) is -0.672. The minimum atomic E-state index is -0.995. The lowest BCUT2D eigenvalue weighted by molar-refractivity contribution is -0.144. The standard InChI is InChI=1S/C42H57N5O7/c43-24-13-12-21-33(38(48)40-45-32-20-10-11-22-35(32)54-40)44-39(49)37-36(52-27-30-16-6-2-7-17-30)23-25-47(37)41(50)34(26-29-14-4-1-5-15-29)46-42(51)53-28-31-18-8-3-9-19-31/h3,8-11,18-20,22,29-30,33-34,36-37H,1-2,4-7,12-17,21,23-28,43H2,(H,44,49)(H,46,51)/t33-,34+,36-,37-/m0/s1. The van der Waals surface area contributed by atoms with E-state index in [1.807, 2.05) is 36.4 Å². The minimum absolute atomic E-state index is 0.0719. The normalized spacial score (nSPS) is 20.7. The molecule has 1 saturated heterocycles. The number of likely N-dealkylation sites (tertiary alicyclic amines) is 1. The number of para-hydroxylation sites is 2. The summed E-state index contributed by atoms with van der Waals surface area (Å²) < 4.78 is 17.9. The molecule has 3 amide bonds. The molecule has 3 fully saturated rings. The second-order valence-corrected chi connectivity index (χ2v) is 15.3. The number of fused-ring (bicyclic) bond motifs is 1. The van der Waals surface area contributed by atoms with Crippen molar-refractivity contribution >= 4 is 34.8 Å². The monoisotopic (exact) mass is 743 g/mol. The zero-order valence-electron chi connectivity index (χ0n) is 31.4. The number of benzene rings is 2. The van der Waals surface area contributed by atoms with Crippen LogP contribution < -0.4 is 16.4 Å². The molecule has 6 rings (SSSR count). The third-order valence-electron chi connectivity index (χ3n) is 11.3. The van der Waals surface area contributed by atoms with E-state index < -0.39 is 42.0 Å². The Morgan fingerprint density at radius 3 is 2.26 bits per heavy atom. The number of hydrogen-bond donors (Lipinski definition) is 3. The average Bonchev–Trinajstić information content (AvgIpc) is 3.84. The van der Waals surface area contributed by atoms with Crippen molar-refractivity contribution in [2.75, 3.05) is 19.7 Å². The maximum absolute atomic E-state index is 14.7. The van der Waals surface area contributed by atoms with Crippen LogP contribution in [0, 0.1) is 11.8 Å². The summed E-state index contributed by atoms with van der Waals surface area (Å²) >= 11 is 0. The van der Waals surface area contributed by atoms with E-state index in [9.17, 15) is 19.2 Å². The zero-order valence-corrected chi connectivity index (χ0v) is 31.4. The molecule has 2 aromatic carbocycles. The summed E-state index contributed by atoms with van der Waals surface area (Å²) in [5, 5.41) is 5.88. The smallest absolute Gasteiger partial charge is 0.408 e. The molecule has 292 valence electrons. The number of carbonyl (C=O) groups is 4. The Kier molecular flexibility index (Phi) is 14.5. The van der Waals surface area contributed by atoms with Crippen LogP contribution in [0.2, 0.25) is 0 Å². The summed E-state index contributed by atoms with van der Waals surface area (Å²) in [6.45, 7) is 1.31. The predicted molar refractivity (Wildman–Crippen MR) is 204 cm³/mol. The van der Waals surface area contributed by atoms with Gasteiger partial charge in [0.15, 0.2) is 5.58 Å². The summed E-state index contributed by atoms with van der Waals surface area (Å²) in [6, 6.07) is 13.7. The maximum atomic E-state index is 14.7. The Hall–Kier alpha value is -4.29. The van der Waals surface area contributed by atoms with Crippen molar-refractivity contribution in [3.63, 3.8) is 0 Å². The van der Waals surface area contributed by atoms with Crippen LogP contribution in [0.25, 0.3) is 11.1 Å². The number of amides is 3. The Morgan fingerprint density at radius 2 is 1.54 bits per heavy atom. The number of nitrogens with zero attached hydrogens (tertiary/aromatic N) is 2. The molecule has 0 unspecified atom stereocenters. The Morgan fingerprint density at radius 1 is 0.833 bits per heavy atom. The highest BCUT2D eigenvalue weighted by atomic mass is 16.5. The van der Waals surface area contributed by atoms with Gasteiger partial charge in [0.05, 0.1) is 12.1 Å². The van der Waals surface area contributed by atoms with E-state index in [2.05, 4.69) is 15.6 Å². The van der Waals surface area contributed by atoms with Crippen molar-refractivity contribution in [1.29, 1.82) is 0 Å². The van der Waals surface area contributed by atoms with E-state index in [-0.39, 0.29) is 30.9 Å². The lowest BCUT2D eigenvalue weighted by Crippen LogP contribution is -2.58. The molecule has 0 spiro atoms. The molecule has 0 bridgehead atoms. The first-order chi connectivity index (χ1) is 26.4. The third-order valence-corrected chi connectivity index (χ3v) is 11.3. The second-order valence-electron chi connectivity index (χ2n) is 15.3. The van der Waals surface area contributed by atoms with Crippen LogP contribution in [0.5, 0.6) is 0 Å². The Bertz CT molecular complexity index is 1640. The fraction of sp³-hybridized carbons (Fsp3) is 0.595. The minimum Gasteiger partial charge on any atom is -0.445 e. The SMILES string of the molecule is NCCCC[C@H](NC(=O)[C@@H]1[C@@H](OCC2CCCCC2)CCN1C(=O)[C@@H](CC1CCCCC1)NC(=O)OCc1ccccc1)C(=O)c1nc2ccccc2o1. The number of carbonyl (C=O) groups excluding carboxylic acids is 4. The van der Waals surface area contributed by atoms with E-state index in [0.29, 0.717) is 62.3 Å². The molecule has 1 aromatic heterocycles. The van der Waals surface area contributed by atoms with Gasteiger partial charge in [0.1, 0.15) is 24.2 Å². The van der Waals surface area contributed by atoms with Gasteiger partial charge in [-0.15, -0.1) is 0 Å². The van der Waals surface area contributed by atoms with Gasteiger partial charge in [-0.2, -0.15) is 0 Å². The number of ether oxygens (including phenoxy) is 2. The lowest BCUT2D eigenvalue weighted by Gasteiger charge is -2.33. The molecule has 1 aliphatic heterocycles. The van der Waals surface area contributed by atoms with E-state index in [1.165, 1.54) is 6.42 Å². The average molecular weight is 744 g/mol. The largest absolute Gasteiger partial charge is 0.445 e. The summed E-state index contributed by atoms with van der Waals surface area (Å²) in [7, 11) is 0. The maximum Gasteiger partial charge on any atom is 0.408 e. The van der Waals surface area contributed by atoms with Gasteiger partial charge in [-0.25, -0.2) is 9.78 Å². The first-order valence-electron chi connectivity index (χ1n) is 20.2. The number of hydrogen-bond acceptors (Lipinski definition) is 9. The van der Waals surface area contributed by atoms with Crippen molar-refractivity contribution in [2.24, 2.45) is 17.6 Å². The van der Waals surface area contributed by atoms with Crippen LogP contribution in [-0.2, 0) is 25.7 Å². The number of ketones is 1. The van der Waals surface area contributed by atoms with Crippen LogP contribution >= 0.6 is 0 Å². The number of rotatable bonds is 17. The van der Waals surface area contributed by atoms with Crippen LogP contribution in [0.4, 0.5) is 4.79 Å². The molecule has 4 N–H and O–H groups in total.